The van der Waals surface area contributed by atoms with Crippen LogP contribution in [0.15, 0.2) is 65.5 Å². The normalized spacial score (nSPS) is 12.7. The number of nitro groups is 1. The Morgan fingerprint density at radius 2 is 1.74 bits per heavy atom. The molecule has 0 fully saturated rings. The lowest BCUT2D eigenvalue weighted by Crippen LogP contribution is -2.23. The lowest BCUT2D eigenvalue weighted by atomic mass is 10.1. The lowest BCUT2D eigenvalue weighted by molar-refractivity contribution is -0.384. The van der Waals surface area contributed by atoms with Gasteiger partial charge in [-0.15, -0.1) is 0 Å². The molecule has 4 aromatic rings. The number of rotatable bonds is 5. The summed E-state index contributed by atoms with van der Waals surface area (Å²) in [5.74, 6) is 0.0759. The zero-order valence-electron chi connectivity index (χ0n) is 18.1. The second kappa shape index (κ2) is 8.75. The van der Waals surface area contributed by atoms with Crippen LogP contribution in [0, 0.1) is 10.1 Å². The van der Waals surface area contributed by atoms with Crippen LogP contribution in [0.2, 0.25) is 0 Å². The monoisotopic (exact) mass is 471 g/mol. The van der Waals surface area contributed by atoms with Crippen molar-refractivity contribution in [1.29, 1.82) is 0 Å². The minimum atomic E-state index is -1.09. The molecule has 0 radical (unpaired) electrons. The van der Waals surface area contributed by atoms with Crippen molar-refractivity contribution in [3.05, 3.63) is 98.1 Å². The van der Waals surface area contributed by atoms with Crippen LogP contribution in [0.1, 0.15) is 21.7 Å². The third-order valence-corrected chi connectivity index (χ3v) is 5.44. The second-order valence-electron chi connectivity index (χ2n) is 7.66. The molecule has 1 N–H and O–H groups in total. The molecular formula is C25H17N3O7. The molecule has 1 aliphatic rings. The molecule has 5 rings (SSSR count). The van der Waals surface area contributed by atoms with E-state index in [0.717, 1.165) is 0 Å². The van der Waals surface area contributed by atoms with Crippen LogP contribution in [0.25, 0.3) is 28.7 Å². The minimum absolute atomic E-state index is 0.0657. The van der Waals surface area contributed by atoms with Gasteiger partial charge in [0, 0.05) is 18.2 Å². The van der Waals surface area contributed by atoms with E-state index in [1.54, 1.807) is 36.4 Å². The summed E-state index contributed by atoms with van der Waals surface area (Å²) in [4.78, 5) is 40.1. The maximum absolute atomic E-state index is 13.6. The molecule has 2 heterocycles. The highest BCUT2D eigenvalue weighted by atomic mass is 16.6. The number of nitrogens with zero attached hydrogens (tertiary/aromatic N) is 3. The standard InChI is InChI=1S/C25H17N3O7/c29-24-19-13-21-22(35-11-10-34-21)14-20(19)26-23(9-4-15-2-1-3-18(12-15)28(32)33)27(24)17-7-5-16(6-8-17)25(30)31/h1-9,12-14H,10-11H2,(H,30,31)/b9-4+. The number of ether oxygens (including phenoxy) is 2. The summed E-state index contributed by atoms with van der Waals surface area (Å²) in [6.07, 6.45) is 3.18. The van der Waals surface area contributed by atoms with Gasteiger partial charge in [-0.2, -0.15) is 0 Å². The van der Waals surface area contributed by atoms with Crippen LogP contribution in [0.3, 0.4) is 0 Å². The SMILES string of the molecule is O=C(O)c1ccc(-n2c(/C=C/c3cccc([N+](=O)[O-])c3)nc3cc4c(cc3c2=O)OCCO4)cc1. The van der Waals surface area contributed by atoms with Crippen LogP contribution in [0.5, 0.6) is 11.5 Å². The molecule has 0 saturated heterocycles. The van der Waals surface area contributed by atoms with Gasteiger partial charge in [0.25, 0.3) is 11.2 Å². The predicted octanol–water partition coefficient (Wildman–Crippen LogP) is 3.93. The van der Waals surface area contributed by atoms with Crippen molar-refractivity contribution in [2.45, 2.75) is 0 Å². The molecule has 0 bridgehead atoms. The van der Waals surface area contributed by atoms with Gasteiger partial charge in [0.05, 0.1) is 27.1 Å². The zero-order chi connectivity index (χ0) is 24.5. The van der Waals surface area contributed by atoms with E-state index in [4.69, 9.17) is 9.47 Å². The number of aromatic nitrogens is 2. The molecule has 0 atom stereocenters. The third-order valence-electron chi connectivity index (χ3n) is 5.44. The van der Waals surface area contributed by atoms with Gasteiger partial charge in [-0.25, -0.2) is 9.78 Å². The first-order valence-corrected chi connectivity index (χ1v) is 10.5. The third kappa shape index (κ3) is 4.20. The Bertz CT molecular complexity index is 1570. The molecule has 10 nitrogen and oxygen atoms in total. The van der Waals surface area contributed by atoms with Crippen LogP contribution >= 0.6 is 0 Å². The summed E-state index contributed by atoms with van der Waals surface area (Å²) >= 11 is 0. The molecule has 3 aromatic carbocycles. The quantitative estimate of drug-likeness (QED) is 0.342. The number of fused-ring (bicyclic) bond motifs is 2. The number of nitro benzene ring substituents is 1. The van der Waals surface area contributed by atoms with Crippen molar-refractivity contribution in [2.24, 2.45) is 0 Å². The summed E-state index contributed by atoms with van der Waals surface area (Å²) < 4.78 is 12.6. The molecule has 10 heteroatoms. The molecule has 174 valence electrons. The highest BCUT2D eigenvalue weighted by molar-refractivity contribution is 5.88. The van der Waals surface area contributed by atoms with Crippen molar-refractivity contribution < 1.29 is 24.3 Å². The van der Waals surface area contributed by atoms with Gasteiger partial charge < -0.3 is 14.6 Å². The van der Waals surface area contributed by atoms with Crippen molar-refractivity contribution >= 4 is 34.7 Å². The van der Waals surface area contributed by atoms with Gasteiger partial charge in [-0.1, -0.05) is 18.2 Å². The summed E-state index contributed by atoms with van der Waals surface area (Å²) in [6, 6.07) is 15.1. The Labute approximate surface area is 197 Å². The van der Waals surface area contributed by atoms with Crippen LogP contribution in [-0.4, -0.2) is 38.8 Å². The first-order valence-electron chi connectivity index (χ1n) is 10.5. The van der Waals surface area contributed by atoms with Crippen molar-refractivity contribution in [2.75, 3.05) is 13.2 Å². The molecule has 0 spiro atoms. The molecule has 0 saturated carbocycles. The predicted molar refractivity (Wildman–Crippen MR) is 127 cm³/mol. The highest BCUT2D eigenvalue weighted by Crippen LogP contribution is 2.33. The van der Waals surface area contributed by atoms with E-state index < -0.39 is 16.5 Å². The van der Waals surface area contributed by atoms with Gasteiger partial charge in [-0.05, 0) is 42.0 Å². The number of carboxylic acids is 1. The molecule has 0 aliphatic carbocycles. The Kier molecular flexibility index (Phi) is 5.46. The van der Waals surface area contributed by atoms with Crippen LogP contribution in [-0.2, 0) is 0 Å². The largest absolute Gasteiger partial charge is 0.486 e. The van der Waals surface area contributed by atoms with Gasteiger partial charge in [0.1, 0.15) is 19.0 Å². The summed E-state index contributed by atoms with van der Waals surface area (Å²) in [5, 5.41) is 20.6. The Morgan fingerprint density at radius 1 is 1.03 bits per heavy atom. The molecule has 0 amide bonds. The first-order chi connectivity index (χ1) is 16.9. The Hall–Kier alpha value is -4.99. The summed E-state index contributed by atoms with van der Waals surface area (Å²) in [7, 11) is 0. The van der Waals surface area contributed by atoms with Crippen molar-refractivity contribution in [3.63, 3.8) is 0 Å². The fourth-order valence-corrected chi connectivity index (χ4v) is 3.77. The van der Waals surface area contributed by atoms with Gasteiger partial charge in [-0.3, -0.25) is 19.5 Å². The topological polar surface area (TPSA) is 134 Å². The van der Waals surface area contributed by atoms with Crippen LogP contribution in [0.4, 0.5) is 5.69 Å². The van der Waals surface area contributed by atoms with E-state index >= 15 is 0 Å². The van der Waals surface area contributed by atoms with E-state index in [2.05, 4.69) is 4.98 Å². The zero-order valence-corrected chi connectivity index (χ0v) is 18.1. The highest BCUT2D eigenvalue weighted by Gasteiger charge is 2.18. The van der Waals surface area contributed by atoms with Gasteiger partial charge in [0.15, 0.2) is 11.5 Å². The van der Waals surface area contributed by atoms with Crippen LogP contribution < -0.4 is 15.0 Å². The fourth-order valence-electron chi connectivity index (χ4n) is 3.77. The number of non-ortho nitro benzene ring substituents is 1. The van der Waals surface area contributed by atoms with Crippen molar-refractivity contribution in [1.82, 2.24) is 9.55 Å². The van der Waals surface area contributed by atoms with Crippen molar-refractivity contribution in [3.8, 4) is 17.2 Å². The first kappa shape index (κ1) is 21.8. The molecule has 1 aliphatic heterocycles. The number of aromatic carboxylic acids is 1. The number of hydrogen-bond acceptors (Lipinski definition) is 7. The number of hydrogen-bond donors (Lipinski definition) is 1. The lowest BCUT2D eigenvalue weighted by Gasteiger charge is -2.19. The number of carboxylic acid groups (broad SMARTS) is 1. The molecular weight excluding hydrogens is 454 g/mol. The summed E-state index contributed by atoms with van der Waals surface area (Å²) in [5.41, 5.74) is 0.949. The maximum Gasteiger partial charge on any atom is 0.335 e. The molecule has 1 aromatic heterocycles. The molecule has 0 unspecified atom stereocenters. The molecule has 35 heavy (non-hydrogen) atoms. The fraction of sp³-hybridized carbons (Fsp3) is 0.0800. The number of benzene rings is 3. The van der Waals surface area contributed by atoms with E-state index in [0.29, 0.717) is 46.9 Å². The minimum Gasteiger partial charge on any atom is -0.486 e. The van der Waals surface area contributed by atoms with E-state index in [9.17, 15) is 24.8 Å². The second-order valence-corrected chi connectivity index (χ2v) is 7.66. The number of carbonyl (C=O) groups is 1. The average molecular weight is 471 g/mol. The maximum atomic E-state index is 13.6. The Morgan fingerprint density at radius 3 is 2.43 bits per heavy atom. The van der Waals surface area contributed by atoms with Gasteiger partial charge in [0.2, 0.25) is 0 Å². The van der Waals surface area contributed by atoms with E-state index in [1.165, 1.54) is 41.0 Å². The smallest absolute Gasteiger partial charge is 0.335 e. The van der Waals surface area contributed by atoms with E-state index in [-0.39, 0.29) is 17.1 Å². The Balaban J connectivity index is 1.70. The van der Waals surface area contributed by atoms with Gasteiger partial charge >= 0.3 is 5.97 Å². The summed E-state index contributed by atoms with van der Waals surface area (Å²) in [6.45, 7) is 0.742. The average Bonchev–Trinajstić information content (AvgIpc) is 2.87. The van der Waals surface area contributed by atoms with E-state index in [1.807, 2.05) is 0 Å².